The smallest absolute Gasteiger partial charge is 0.232 e. The van der Waals surface area contributed by atoms with E-state index in [1.54, 1.807) is 19.5 Å². The minimum Gasteiger partial charge on any atom is -0.480 e. The first-order valence-corrected chi connectivity index (χ1v) is 9.33. The zero-order valence-electron chi connectivity index (χ0n) is 15.4. The summed E-state index contributed by atoms with van der Waals surface area (Å²) in [5.41, 5.74) is 0.995. The van der Waals surface area contributed by atoms with E-state index in [9.17, 15) is 0 Å². The summed E-state index contributed by atoms with van der Waals surface area (Å²) in [4.78, 5) is 18.0. The number of aliphatic imine (C=N–C) groups is 1. The molecule has 3 heterocycles. The van der Waals surface area contributed by atoms with Gasteiger partial charge in [0.15, 0.2) is 5.96 Å². The molecule has 1 saturated heterocycles. The maximum Gasteiger partial charge on any atom is 0.232 e. The van der Waals surface area contributed by atoms with Crippen LogP contribution in [0.3, 0.4) is 0 Å². The molecule has 0 atom stereocenters. The molecule has 0 amide bonds. The predicted octanol–water partition coefficient (Wildman–Crippen LogP) is 1.88. The van der Waals surface area contributed by atoms with Crippen LogP contribution in [-0.4, -0.2) is 70.9 Å². The number of hydrogen-bond acceptors (Lipinski definition) is 6. The summed E-state index contributed by atoms with van der Waals surface area (Å²) < 4.78 is 6.02. The summed E-state index contributed by atoms with van der Waals surface area (Å²) in [6, 6.07) is 1.93. The number of nitrogens with one attached hydrogen (secondary N) is 2. The van der Waals surface area contributed by atoms with Crippen molar-refractivity contribution in [2.75, 3.05) is 44.7 Å². The summed E-state index contributed by atoms with van der Waals surface area (Å²) in [7, 11) is 1.60. The van der Waals surface area contributed by atoms with E-state index in [0.29, 0.717) is 18.4 Å². The van der Waals surface area contributed by atoms with Crippen LogP contribution < -0.4 is 15.0 Å². The molecule has 0 aromatic carbocycles. The molecule has 2 aromatic rings. The molecule has 1 aliphatic rings. The predicted molar refractivity (Wildman–Crippen MR) is 119 cm³/mol. The largest absolute Gasteiger partial charge is 0.480 e. The third-order valence-corrected chi connectivity index (χ3v) is 4.59. The fourth-order valence-electron chi connectivity index (χ4n) is 2.72. The van der Waals surface area contributed by atoms with E-state index in [2.05, 4.69) is 58.1 Å². The number of methoxy groups -OCH3 is 1. The van der Waals surface area contributed by atoms with Gasteiger partial charge in [0.1, 0.15) is 0 Å². The Morgan fingerprint density at radius 2 is 2.15 bits per heavy atom. The molecule has 0 radical (unpaired) electrons. The molecule has 0 saturated carbocycles. The number of aromatic amines is 1. The first-order valence-electron chi connectivity index (χ1n) is 8.54. The second kappa shape index (κ2) is 10.6. The van der Waals surface area contributed by atoms with E-state index in [1.807, 2.05) is 6.07 Å². The van der Waals surface area contributed by atoms with Crippen molar-refractivity contribution in [3.63, 3.8) is 0 Å². The average Bonchev–Trinajstić information content (AvgIpc) is 3.19. The molecule has 0 aliphatic carbocycles. The van der Waals surface area contributed by atoms with E-state index in [1.165, 1.54) is 0 Å². The maximum absolute atomic E-state index is 5.26. The van der Waals surface area contributed by atoms with Crippen molar-refractivity contribution in [3.05, 3.63) is 28.6 Å². The van der Waals surface area contributed by atoms with Crippen LogP contribution in [0.25, 0.3) is 0 Å². The van der Waals surface area contributed by atoms with Crippen molar-refractivity contribution in [3.8, 4) is 5.88 Å². The van der Waals surface area contributed by atoms with Crippen molar-refractivity contribution < 1.29 is 4.74 Å². The van der Waals surface area contributed by atoms with Gasteiger partial charge in [0, 0.05) is 38.9 Å². The first kappa shape index (κ1) is 21.7. The number of H-pyrrole nitrogens is 1. The van der Waals surface area contributed by atoms with Crippen molar-refractivity contribution in [1.29, 1.82) is 0 Å². The Bertz CT molecular complexity index is 734. The molecule has 3 rings (SSSR count). The Morgan fingerprint density at radius 1 is 1.37 bits per heavy atom. The van der Waals surface area contributed by atoms with Gasteiger partial charge in [-0.3, -0.25) is 5.10 Å². The molecule has 2 aromatic heterocycles. The molecule has 27 heavy (non-hydrogen) atoms. The van der Waals surface area contributed by atoms with Crippen molar-refractivity contribution >= 4 is 51.8 Å². The molecule has 0 unspecified atom stereocenters. The zero-order chi connectivity index (χ0) is 18.4. The minimum absolute atomic E-state index is 0. The molecule has 2 N–H and O–H groups in total. The summed E-state index contributed by atoms with van der Waals surface area (Å²) in [6.07, 6.45) is 3.46. The fourth-order valence-corrected chi connectivity index (χ4v) is 3.07. The summed E-state index contributed by atoms with van der Waals surface area (Å²) in [5, 5.41) is 10.3. The van der Waals surface area contributed by atoms with Crippen LogP contribution in [0.4, 0.5) is 5.95 Å². The number of guanidine groups is 1. The SMILES string of the molecule is CCNC(=NCc1ccn[nH]1)N1CCN(c2ncc(Br)c(OC)n2)CC1.I. The minimum atomic E-state index is 0. The van der Waals surface area contributed by atoms with E-state index in [4.69, 9.17) is 9.73 Å². The number of nitrogens with zero attached hydrogens (tertiary/aromatic N) is 6. The second-order valence-corrected chi connectivity index (χ2v) is 6.61. The molecule has 11 heteroatoms. The lowest BCUT2D eigenvalue weighted by atomic mass is 10.3. The highest BCUT2D eigenvalue weighted by Gasteiger charge is 2.22. The highest BCUT2D eigenvalue weighted by atomic mass is 127. The Morgan fingerprint density at radius 3 is 2.78 bits per heavy atom. The topological polar surface area (TPSA) is 94.6 Å². The van der Waals surface area contributed by atoms with E-state index in [0.717, 1.165) is 48.8 Å². The molecule has 0 bridgehead atoms. The van der Waals surface area contributed by atoms with E-state index < -0.39 is 0 Å². The lowest BCUT2D eigenvalue weighted by Gasteiger charge is -2.36. The van der Waals surface area contributed by atoms with Crippen LogP contribution >= 0.6 is 39.9 Å². The Labute approximate surface area is 184 Å². The number of aromatic nitrogens is 4. The number of anilines is 1. The van der Waals surface area contributed by atoms with Gasteiger partial charge in [-0.25, -0.2) is 9.98 Å². The summed E-state index contributed by atoms with van der Waals surface area (Å²) in [6.45, 7) is 6.81. The number of piperazine rings is 1. The van der Waals surface area contributed by atoms with Crippen LogP contribution in [0, 0.1) is 0 Å². The van der Waals surface area contributed by atoms with Crippen LogP contribution in [0.1, 0.15) is 12.6 Å². The van der Waals surface area contributed by atoms with Crippen LogP contribution in [-0.2, 0) is 6.54 Å². The van der Waals surface area contributed by atoms with Gasteiger partial charge in [0.25, 0.3) is 0 Å². The van der Waals surface area contributed by atoms with Crippen LogP contribution in [0.15, 0.2) is 27.9 Å². The molecular weight excluding hydrogens is 527 g/mol. The average molecular weight is 551 g/mol. The molecule has 148 valence electrons. The fraction of sp³-hybridized carbons (Fsp3) is 0.500. The van der Waals surface area contributed by atoms with Gasteiger partial charge >= 0.3 is 0 Å². The standard InChI is InChI=1S/C16H23BrN8O.HI/c1-3-18-15(19-10-12-4-5-21-23-12)24-6-8-25(9-7-24)16-20-11-13(17)14(22-16)26-2;/h4-5,11H,3,6-10H2,1-2H3,(H,18,19)(H,21,23);1H. The van der Waals surface area contributed by atoms with Crippen molar-refractivity contribution in [2.45, 2.75) is 13.5 Å². The Kier molecular flexibility index (Phi) is 8.54. The van der Waals surface area contributed by atoms with Crippen molar-refractivity contribution in [1.82, 2.24) is 30.4 Å². The number of rotatable bonds is 5. The van der Waals surface area contributed by atoms with Crippen LogP contribution in [0.5, 0.6) is 5.88 Å². The molecule has 0 spiro atoms. The third kappa shape index (κ3) is 5.67. The van der Waals surface area contributed by atoms with Gasteiger partial charge in [0.2, 0.25) is 11.8 Å². The normalized spacial score (nSPS) is 14.7. The summed E-state index contributed by atoms with van der Waals surface area (Å²) in [5.74, 6) is 2.15. The van der Waals surface area contributed by atoms with Gasteiger partial charge in [-0.1, -0.05) is 0 Å². The molecular formula is C16H24BrIN8O. The Hall–Kier alpha value is -1.63. The van der Waals surface area contributed by atoms with E-state index >= 15 is 0 Å². The van der Waals surface area contributed by atoms with Crippen molar-refractivity contribution in [2.24, 2.45) is 4.99 Å². The highest BCUT2D eigenvalue weighted by molar-refractivity contribution is 14.0. The van der Waals surface area contributed by atoms with Gasteiger partial charge in [-0.05, 0) is 28.9 Å². The lowest BCUT2D eigenvalue weighted by Crippen LogP contribution is -2.53. The van der Waals surface area contributed by atoms with E-state index in [-0.39, 0.29) is 24.0 Å². The van der Waals surface area contributed by atoms with Gasteiger partial charge in [-0.15, -0.1) is 24.0 Å². The highest BCUT2D eigenvalue weighted by Crippen LogP contribution is 2.23. The Balaban J connectivity index is 0.00000261. The van der Waals surface area contributed by atoms with Crippen LogP contribution in [0.2, 0.25) is 0 Å². The van der Waals surface area contributed by atoms with Gasteiger partial charge in [0.05, 0.1) is 30.0 Å². The molecule has 9 nitrogen and oxygen atoms in total. The lowest BCUT2D eigenvalue weighted by molar-refractivity contribution is 0.366. The molecule has 1 aliphatic heterocycles. The zero-order valence-corrected chi connectivity index (χ0v) is 19.3. The monoisotopic (exact) mass is 550 g/mol. The quantitative estimate of drug-likeness (QED) is 0.333. The second-order valence-electron chi connectivity index (χ2n) is 5.75. The number of hydrogen-bond donors (Lipinski definition) is 2. The number of halogens is 2. The maximum atomic E-state index is 5.26. The molecule has 1 fully saturated rings. The first-order chi connectivity index (χ1) is 12.7. The third-order valence-electron chi connectivity index (χ3n) is 4.05. The van der Waals surface area contributed by atoms with Gasteiger partial charge in [-0.2, -0.15) is 10.1 Å². The van der Waals surface area contributed by atoms with Gasteiger partial charge < -0.3 is 19.9 Å². The summed E-state index contributed by atoms with van der Waals surface area (Å²) >= 11 is 3.39. The number of ether oxygens (including phenoxy) is 1.